The third kappa shape index (κ3) is 1.66. The van der Waals surface area contributed by atoms with E-state index in [1.54, 1.807) is 25.1 Å². The van der Waals surface area contributed by atoms with Gasteiger partial charge in [-0.05, 0) is 25.5 Å². The molecule has 4 heteroatoms. The molecule has 1 nitrogen and oxygen atoms in total. The van der Waals surface area contributed by atoms with Gasteiger partial charge in [-0.1, -0.05) is 29.3 Å². The van der Waals surface area contributed by atoms with Crippen molar-refractivity contribution in [2.75, 3.05) is 0 Å². The van der Waals surface area contributed by atoms with Crippen molar-refractivity contribution in [1.82, 2.24) is 0 Å². The highest BCUT2D eigenvalue weighted by Crippen LogP contribution is 2.51. The fourth-order valence-electron chi connectivity index (χ4n) is 1.54. The number of carbonyl (C=O) groups excluding carboxylic acids is 1. The summed E-state index contributed by atoms with van der Waals surface area (Å²) in [5, 5.41) is 0.534. The van der Waals surface area contributed by atoms with Crippen molar-refractivity contribution < 1.29 is 9.18 Å². The minimum atomic E-state index is -1.06. The molecule has 1 aliphatic rings. The second-order valence-corrected chi connectivity index (χ2v) is 4.80. The van der Waals surface area contributed by atoms with Gasteiger partial charge in [0.15, 0.2) is 5.78 Å². The molecule has 1 aliphatic carbocycles. The van der Waals surface area contributed by atoms with E-state index >= 15 is 0 Å². The van der Waals surface area contributed by atoms with Gasteiger partial charge in [0.1, 0.15) is 6.17 Å². The maximum Gasteiger partial charge on any atom is 0.173 e. The molecule has 0 aromatic heterocycles. The molecule has 1 fully saturated rings. The maximum absolute atomic E-state index is 13.0. The standard InChI is InChI=1S/C11H9Cl2FO/c1-11(5-8(11)14)10(15)6-3-2-4-7(12)9(6)13/h2-4,8H,5H2,1H3. The van der Waals surface area contributed by atoms with Gasteiger partial charge in [-0.15, -0.1) is 0 Å². The van der Waals surface area contributed by atoms with E-state index in [0.717, 1.165) is 0 Å². The number of hydrogen-bond acceptors (Lipinski definition) is 1. The van der Waals surface area contributed by atoms with Crippen LogP contribution in [0.3, 0.4) is 0 Å². The molecule has 80 valence electrons. The van der Waals surface area contributed by atoms with Crippen LogP contribution in [0.15, 0.2) is 18.2 Å². The molecule has 0 radical (unpaired) electrons. The maximum atomic E-state index is 13.0. The second kappa shape index (κ2) is 3.46. The number of rotatable bonds is 2. The van der Waals surface area contributed by atoms with Crippen LogP contribution in [0.25, 0.3) is 0 Å². The molecule has 1 aromatic rings. The molecular formula is C11H9Cl2FO. The Morgan fingerprint density at radius 3 is 2.67 bits per heavy atom. The van der Waals surface area contributed by atoms with Crippen LogP contribution in [-0.4, -0.2) is 12.0 Å². The molecule has 0 spiro atoms. The van der Waals surface area contributed by atoms with Crippen LogP contribution in [0.4, 0.5) is 4.39 Å². The average Bonchev–Trinajstić information content (AvgIpc) is 2.80. The predicted octanol–water partition coefficient (Wildman–Crippen LogP) is 3.92. The summed E-state index contributed by atoms with van der Waals surface area (Å²) < 4.78 is 13.0. The first kappa shape index (κ1) is 10.9. The Balaban J connectivity index is 2.39. The Morgan fingerprint density at radius 1 is 1.53 bits per heavy atom. The first-order valence-corrected chi connectivity index (χ1v) is 5.35. The lowest BCUT2D eigenvalue weighted by atomic mass is 9.96. The molecule has 0 N–H and O–H groups in total. The summed E-state index contributed by atoms with van der Waals surface area (Å²) in [6, 6.07) is 4.82. The Labute approximate surface area is 97.2 Å². The third-order valence-corrected chi connectivity index (χ3v) is 3.67. The van der Waals surface area contributed by atoms with E-state index in [0.29, 0.717) is 10.6 Å². The van der Waals surface area contributed by atoms with E-state index in [9.17, 15) is 9.18 Å². The van der Waals surface area contributed by atoms with E-state index in [-0.39, 0.29) is 17.2 Å². The van der Waals surface area contributed by atoms with E-state index < -0.39 is 11.6 Å². The normalized spacial score (nSPS) is 28.9. The minimum absolute atomic E-state index is 0.212. The molecule has 2 unspecified atom stereocenters. The van der Waals surface area contributed by atoms with Gasteiger partial charge in [-0.25, -0.2) is 4.39 Å². The highest BCUT2D eigenvalue weighted by molar-refractivity contribution is 6.44. The van der Waals surface area contributed by atoms with Crippen molar-refractivity contribution in [2.45, 2.75) is 19.5 Å². The first-order valence-electron chi connectivity index (χ1n) is 4.59. The van der Waals surface area contributed by atoms with Crippen molar-refractivity contribution in [3.05, 3.63) is 33.8 Å². The quantitative estimate of drug-likeness (QED) is 0.723. The lowest BCUT2D eigenvalue weighted by Crippen LogP contribution is -2.15. The molecule has 0 heterocycles. The highest BCUT2D eigenvalue weighted by atomic mass is 35.5. The number of halogens is 3. The average molecular weight is 247 g/mol. The lowest BCUT2D eigenvalue weighted by Gasteiger charge is -2.09. The van der Waals surface area contributed by atoms with Gasteiger partial charge in [0.2, 0.25) is 0 Å². The van der Waals surface area contributed by atoms with E-state index in [1.807, 2.05) is 0 Å². The summed E-state index contributed by atoms with van der Waals surface area (Å²) >= 11 is 11.7. The molecule has 2 atom stereocenters. The number of carbonyl (C=O) groups is 1. The summed E-state index contributed by atoms with van der Waals surface area (Å²) in [7, 11) is 0. The Morgan fingerprint density at radius 2 is 2.13 bits per heavy atom. The fourth-order valence-corrected chi connectivity index (χ4v) is 1.92. The first-order chi connectivity index (χ1) is 6.97. The Bertz CT molecular complexity index is 433. The van der Waals surface area contributed by atoms with Crippen LogP contribution in [0.1, 0.15) is 23.7 Å². The van der Waals surface area contributed by atoms with E-state index in [2.05, 4.69) is 0 Å². The largest absolute Gasteiger partial charge is 0.293 e. The van der Waals surface area contributed by atoms with Gasteiger partial charge in [-0.3, -0.25) is 4.79 Å². The third-order valence-electron chi connectivity index (χ3n) is 2.85. The van der Waals surface area contributed by atoms with Crippen molar-refractivity contribution >= 4 is 29.0 Å². The summed E-state index contributed by atoms with van der Waals surface area (Å²) in [5.41, 5.74) is -0.583. The summed E-state index contributed by atoms with van der Waals surface area (Å²) in [6.07, 6.45) is -0.783. The molecule has 15 heavy (non-hydrogen) atoms. The zero-order valence-corrected chi connectivity index (χ0v) is 9.57. The topological polar surface area (TPSA) is 17.1 Å². The summed E-state index contributed by atoms with van der Waals surface area (Å²) in [4.78, 5) is 11.9. The number of benzene rings is 1. The molecule has 2 rings (SSSR count). The minimum Gasteiger partial charge on any atom is -0.293 e. The molecular weight excluding hydrogens is 238 g/mol. The Hall–Kier alpha value is -0.600. The zero-order valence-electron chi connectivity index (χ0n) is 8.06. The molecule has 0 saturated heterocycles. The van der Waals surface area contributed by atoms with Crippen LogP contribution in [-0.2, 0) is 0 Å². The van der Waals surface area contributed by atoms with Crippen molar-refractivity contribution in [3.8, 4) is 0 Å². The SMILES string of the molecule is CC1(C(=O)c2cccc(Cl)c2Cl)CC1F. The highest BCUT2D eigenvalue weighted by Gasteiger charge is 2.57. The van der Waals surface area contributed by atoms with E-state index in [1.165, 1.54) is 0 Å². The van der Waals surface area contributed by atoms with Gasteiger partial charge in [0.25, 0.3) is 0 Å². The monoisotopic (exact) mass is 246 g/mol. The van der Waals surface area contributed by atoms with Crippen molar-refractivity contribution in [1.29, 1.82) is 0 Å². The summed E-state index contributed by atoms with van der Waals surface area (Å²) in [6.45, 7) is 1.61. The molecule has 0 aliphatic heterocycles. The van der Waals surface area contributed by atoms with Crippen molar-refractivity contribution in [3.63, 3.8) is 0 Å². The number of alkyl halides is 1. The van der Waals surface area contributed by atoms with Crippen LogP contribution in [0, 0.1) is 5.41 Å². The van der Waals surface area contributed by atoms with Crippen molar-refractivity contribution in [2.24, 2.45) is 5.41 Å². The van der Waals surface area contributed by atoms with Gasteiger partial charge >= 0.3 is 0 Å². The fraction of sp³-hybridized carbons (Fsp3) is 0.364. The second-order valence-electron chi connectivity index (χ2n) is 4.02. The lowest BCUT2D eigenvalue weighted by molar-refractivity contribution is 0.0893. The smallest absolute Gasteiger partial charge is 0.173 e. The van der Waals surface area contributed by atoms with Gasteiger partial charge in [0.05, 0.1) is 15.5 Å². The number of ketones is 1. The van der Waals surface area contributed by atoms with Crippen LogP contribution in [0.2, 0.25) is 10.0 Å². The van der Waals surface area contributed by atoms with Gasteiger partial charge in [-0.2, -0.15) is 0 Å². The molecule has 0 amide bonds. The molecule has 1 aromatic carbocycles. The van der Waals surface area contributed by atoms with Crippen LogP contribution in [0.5, 0.6) is 0 Å². The van der Waals surface area contributed by atoms with Gasteiger partial charge < -0.3 is 0 Å². The van der Waals surface area contributed by atoms with Gasteiger partial charge in [0, 0.05) is 5.56 Å². The number of hydrogen-bond donors (Lipinski definition) is 0. The number of Topliss-reactive ketones (excluding diaryl/α,β-unsaturated/α-hetero) is 1. The van der Waals surface area contributed by atoms with Crippen LogP contribution < -0.4 is 0 Å². The molecule has 0 bridgehead atoms. The van der Waals surface area contributed by atoms with Crippen LogP contribution >= 0.6 is 23.2 Å². The van der Waals surface area contributed by atoms with E-state index in [4.69, 9.17) is 23.2 Å². The molecule has 1 saturated carbocycles. The Kier molecular flexibility index (Phi) is 2.52. The predicted molar refractivity (Wildman–Crippen MR) is 58.4 cm³/mol. The zero-order chi connectivity index (χ0) is 11.2. The summed E-state index contributed by atoms with van der Waals surface area (Å²) in [5.74, 6) is -0.262.